The number of ether oxygens (including phenoxy) is 2. The summed E-state index contributed by atoms with van der Waals surface area (Å²) in [5.74, 6) is 0.866. The predicted octanol–water partition coefficient (Wildman–Crippen LogP) is 2.03. The molecule has 0 spiro atoms. The Kier molecular flexibility index (Phi) is 14.9. The highest BCUT2D eigenvalue weighted by Crippen LogP contribution is 2.15. The maximum absolute atomic E-state index is 5.46. The van der Waals surface area contributed by atoms with Gasteiger partial charge in [-0.3, -0.25) is 9.89 Å². The second-order valence-corrected chi connectivity index (χ2v) is 6.90. The van der Waals surface area contributed by atoms with Crippen molar-refractivity contribution in [2.45, 2.75) is 12.8 Å². The van der Waals surface area contributed by atoms with Gasteiger partial charge in [-0.2, -0.15) is 0 Å². The van der Waals surface area contributed by atoms with Crippen LogP contribution in [0.15, 0.2) is 35.3 Å². The third-order valence-corrected chi connectivity index (χ3v) is 4.85. The Morgan fingerprint density at radius 1 is 0.966 bits per heavy atom. The van der Waals surface area contributed by atoms with Gasteiger partial charge in [-0.25, -0.2) is 0 Å². The Morgan fingerprint density at radius 3 is 2.31 bits per heavy atom. The van der Waals surface area contributed by atoms with Crippen LogP contribution in [0.3, 0.4) is 0 Å². The van der Waals surface area contributed by atoms with Crippen LogP contribution < -0.4 is 15.5 Å². The SMILES string of the molecule is CN=C(NCCCOCCOC)NCCCN1CCN(c2ccccc2)CC1.I. The molecule has 29 heavy (non-hydrogen) atoms. The minimum absolute atomic E-state index is 0. The topological polar surface area (TPSA) is 61.4 Å². The van der Waals surface area contributed by atoms with E-state index in [1.807, 2.05) is 7.05 Å². The van der Waals surface area contributed by atoms with Crippen molar-refractivity contribution < 1.29 is 9.47 Å². The molecule has 0 unspecified atom stereocenters. The fourth-order valence-electron chi connectivity index (χ4n) is 3.22. The molecule has 0 amide bonds. The number of halogens is 1. The number of benzene rings is 1. The molecule has 1 aromatic carbocycles. The molecule has 0 saturated carbocycles. The molecule has 0 atom stereocenters. The average molecular weight is 519 g/mol. The van der Waals surface area contributed by atoms with Crippen molar-refractivity contribution >= 4 is 35.6 Å². The number of hydrogen-bond donors (Lipinski definition) is 2. The number of methoxy groups -OCH3 is 1. The Morgan fingerprint density at radius 2 is 1.66 bits per heavy atom. The van der Waals surface area contributed by atoms with Crippen LogP contribution in [-0.2, 0) is 9.47 Å². The lowest BCUT2D eigenvalue weighted by molar-refractivity contribution is 0.0698. The van der Waals surface area contributed by atoms with Crippen LogP contribution in [0.4, 0.5) is 5.69 Å². The maximum atomic E-state index is 5.46. The second kappa shape index (κ2) is 16.7. The molecule has 166 valence electrons. The zero-order valence-electron chi connectivity index (χ0n) is 17.9. The molecule has 0 bridgehead atoms. The van der Waals surface area contributed by atoms with Crippen LogP contribution in [0.2, 0.25) is 0 Å². The smallest absolute Gasteiger partial charge is 0.190 e. The summed E-state index contributed by atoms with van der Waals surface area (Å²) < 4.78 is 10.4. The van der Waals surface area contributed by atoms with Gasteiger partial charge in [-0.05, 0) is 31.5 Å². The molecular weight excluding hydrogens is 481 g/mol. The third kappa shape index (κ3) is 11.0. The van der Waals surface area contributed by atoms with Gasteiger partial charge in [0.25, 0.3) is 0 Å². The van der Waals surface area contributed by atoms with E-state index in [2.05, 4.69) is 55.8 Å². The fraction of sp³-hybridized carbons (Fsp3) is 0.667. The van der Waals surface area contributed by atoms with Gasteiger partial charge < -0.3 is 25.0 Å². The molecule has 2 rings (SSSR count). The Labute approximate surface area is 193 Å². The number of aliphatic imine (C=N–C) groups is 1. The summed E-state index contributed by atoms with van der Waals surface area (Å²) in [7, 11) is 3.50. The van der Waals surface area contributed by atoms with E-state index in [-0.39, 0.29) is 24.0 Å². The van der Waals surface area contributed by atoms with Crippen molar-refractivity contribution in [2.24, 2.45) is 4.99 Å². The van der Waals surface area contributed by atoms with E-state index in [0.717, 1.165) is 71.2 Å². The van der Waals surface area contributed by atoms with Gasteiger partial charge in [0.15, 0.2) is 5.96 Å². The fourth-order valence-corrected chi connectivity index (χ4v) is 3.22. The van der Waals surface area contributed by atoms with Gasteiger partial charge in [0, 0.05) is 65.7 Å². The highest BCUT2D eigenvalue weighted by Gasteiger charge is 2.16. The van der Waals surface area contributed by atoms with E-state index >= 15 is 0 Å². The van der Waals surface area contributed by atoms with E-state index in [1.54, 1.807) is 7.11 Å². The molecule has 1 heterocycles. The quantitative estimate of drug-likeness (QED) is 0.191. The largest absolute Gasteiger partial charge is 0.382 e. The number of nitrogens with zero attached hydrogens (tertiary/aromatic N) is 3. The van der Waals surface area contributed by atoms with E-state index < -0.39 is 0 Å². The molecule has 0 aromatic heterocycles. The number of hydrogen-bond acceptors (Lipinski definition) is 5. The zero-order chi connectivity index (χ0) is 19.9. The highest BCUT2D eigenvalue weighted by atomic mass is 127. The van der Waals surface area contributed by atoms with Crippen LogP contribution in [0, 0.1) is 0 Å². The lowest BCUT2D eigenvalue weighted by Gasteiger charge is -2.36. The van der Waals surface area contributed by atoms with E-state index in [0.29, 0.717) is 13.2 Å². The van der Waals surface area contributed by atoms with Gasteiger partial charge >= 0.3 is 0 Å². The summed E-state index contributed by atoms with van der Waals surface area (Å²) in [5, 5.41) is 6.73. The van der Waals surface area contributed by atoms with E-state index in [4.69, 9.17) is 9.47 Å². The molecule has 1 saturated heterocycles. The van der Waals surface area contributed by atoms with Crippen LogP contribution in [0.1, 0.15) is 12.8 Å². The van der Waals surface area contributed by atoms with Gasteiger partial charge in [0.2, 0.25) is 0 Å². The second-order valence-electron chi connectivity index (χ2n) is 6.90. The molecular formula is C21H38IN5O2. The van der Waals surface area contributed by atoms with Crippen molar-refractivity contribution in [1.82, 2.24) is 15.5 Å². The van der Waals surface area contributed by atoms with Crippen LogP contribution in [0.5, 0.6) is 0 Å². The summed E-state index contributed by atoms with van der Waals surface area (Å²) in [6, 6.07) is 10.7. The van der Waals surface area contributed by atoms with Gasteiger partial charge in [0.05, 0.1) is 13.2 Å². The standard InChI is InChI=1S/C21H37N5O2.HI/c1-22-21(24-11-7-17-28-19-18-27-2)23-10-6-12-25-13-15-26(16-14-25)20-8-4-3-5-9-20;/h3-5,8-9H,6-7,10-19H2,1-2H3,(H2,22,23,24);1H. The summed E-state index contributed by atoms with van der Waals surface area (Å²) in [5.41, 5.74) is 1.34. The van der Waals surface area contributed by atoms with E-state index in [1.165, 1.54) is 5.69 Å². The molecule has 1 aromatic rings. The molecule has 8 heteroatoms. The zero-order valence-corrected chi connectivity index (χ0v) is 20.3. The van der Waals surface area contributed by atoms with Crippen molar-refractivity contribution in [1.29, 1.82) is 0 Å². The van der Waals surface area contributed by atoms with Gasteiger partial charge in [-0.1, -0.05) is 18.2 Å². The molecule has 1 fully saturated rings. The van der Waals surface area contributed by atoms with Gasteiger partial charge in [0.1, 0.15) is 0 Å². The molecule has 1 aliphatic rings. The molecule has 1 aliphatic heterocycles. The van der Waals surface area contributed by atoms with Crippen LogP contribution in [0.25, 0.3) is 0 Å². The lowest BCUT2D eigenvalue weighted by Crippen LogP contribution is -2.47. The minimum atomic E-state index is 0. The van der Waals surface area contributed by atoms with Crippen molar-refractivity contribution in [3.05, 3.63) is 30.3 Å². The Balaban J connectivity index is 0.00000420. The maximum Gasteiger partial charge on any atom is 0.190 e. The van der Waals surface area contributed by atoms with Gasteiger partial charge in [-0.15, -0.1) is 24.0 Å². The monoisotopic (exact) mass is 519 g/mol. The summed E-state index contributed by atoms with van der Waals surface area (Å²) in [4.78, 5) is 9.30. The number of para-hydroxylation sites is 1. The number of rotatable bonds is 12. The predicted molar refractivity (Wildman–Crippen MR) is 132 cm³/mol. The number of piperazine rings is 1. The number of anilines is 1. The van der Waals surface area contributed by atoms with Crippen molar-refractivity contribution in [3.63, 3.8) is 0 Å². The first-order chi connectivity index (χ1) is 13.8. The summed E-state index contributed by atoms with van der Waals surface area (Å²) >= 11 is 0. The molecule has 7 nitrogen and oxygen atoms in total. The Hall–Kier alpha value is -1.10. The molecule has 0 radical (unpaired) electrons. The average Bonchev–Trinajstić information content (AvgIpc) is 2.75. The summed E-state index contributed by atoms with van der Waals surface area (Å²) in [6.45, 7) is 9.43. The number of nitrogens with one attached hydrogen (secondary N) is 2. The van der Waals surface area contributed by atoms with Crippen LogP contribution >= 0.6 is 24.0 Å². The first-order valence-corrected chi connectivity index (χ1v) is 10.4. The molecule has 0 aliphatic carbocycles. The normalized spacial score (nSPS) is 15.1. The van der Waals surface area contributed by atoms with Crippen molar-refractivity contribution in [2.75, 3.05) is 84.7 Å². The first kappa shape index (κ1) is 25.9. The number of guanidine groups is 1. The Bertz CT molecular complexity index is 539. The first-order valence-electron chi connectivity index (χ1n) is 10.4. The lowest BCUT2D eigenvalue weighted by atomic mass is 10.2. The minimum Gasteiger partial charge on any atom is -0.382 e. The summed E-state index contributed by atoms with van der Waals surface area (Å²) in [6.07, 6.45) is 2.07. The highest BCUT2D eigenvalue weighted by molar-refractivity contribution is 14.0. The van der Waals surface area contributed by atoms with Crippen LogP contribution in [-0.4, -0.2) is 90.7 Å². The molecule has 2 N–H and O–H groups in total. The third-order valence-electron chi connectivity index (χ3n) is 4.85. The van der Waals surface area contributed by atoms with E-state index in [9.17, 15) is 0 Å². The van der Waals surface area contributed by atoms with Crippen molar-refractivity contribution in [3.8, 4) is 0 Å².